The molecule has 0 aliphatic heterocycles. The van der Waals surface area contributed by atoms with E-state index in [1.165, 1.54) is 17.3 Å². The van der Waals surface area contributed by atoms with Crippen LogP contribution in [0.2, 0.25) is 0 Å². The van der Waals surface area contributed by atoms with Crippen LogP contribution in [-0.4, -0.2) is 26.4 Å². The molecule has 6 nitrogen and oxygen atoms in total. The normalized spacial score (nSPS) is 11.9. The van der Waals surface area contributed by atoms with Gasteiger partial charge < -0.3 is 10.1 Å². The van der Waals surface area contributed by atoms with Gasteiger partial charge in [0.2, 0.25) is 5.91 Å². The molecule has 1 atom stereocenters. The highest BCUT2D eigenvalue weighted by Gasteiger charge is 2.21. The molecular weight excluding hydrogens is 444 g/mol. The number of aromatic nitrogens is 3. The lowest BCUT2D eigenvalue weighted by Gasteiger charge is -2.17. The van der Waals surface area contributed by atoms with Gasteiger partial charge in [-0.1, -0.05) is 74.1 Å². The van der Waals surface area contributed by atoms with Gasteiger partial charge in [-0.15, -0.1) is 10.2 Å². The molecule has 4 aromatic rings. The summed E-state index contributed by atoms with van der Waals surface area (Å²) < 4.78 is 8.16. The fourth-order valence-corrected chi connectivity index (χ4v) is 4.25. The molecule has 174 valence electrons. The van der Waals surface area contributed by atoms with E-state index in [0.29, 0.717) is 16.9 Å². The Morgan fingerprint density at radius 3 is 2.21 bits per heavy atom. The van der Waals surface area contributed by atoms with Crippen molar-refractivity contribution in [2.75, 3.05) is 11.1 Å². The Labute approximate surface area is 204 Å². The Hall–Kier alpha value is -3.58. The van der Waals surface area contributed by atoms with Crippen LogP contribution in [0.1, 0.15) is 44.2 Å². The zero-order valence-corrected chi connectivity index (χ0v) is 20.3. The summed E-state index contributed by atoms with van der Waals surface area (Å²) >= 11 is 1.34. The number of ether oxygens (including phenoxy) is 1. The largest absolute Gasteiger partial charge is 0.483 e. The first-order chi connectivity index (χ1) is 16.5. The van der Waals surface area contributed by atoms with Crippen LogP contribution in [0.15, 0.2) is 90.1 Å². The van der Waals surface area contributed by atoms with Crippen molar-refractivity contribution in [2.45, 2.75) is 37.9 Å². The van der Waals surface area contributed by atoms with Gasteiger partial charge in [0.15, 0.2) is 17.1 Å². The molecule has 4 rings (SSSR count). The van der Waals surface area contributed by atoms with Gasteiger partial charge in [-0.25, -0.2) is 0 Å². The standard InChI is InChI=1S/C27H28N4O2S/c1-19(2)21-14-16-24(17-15-21)33-20(3)26-29-30-27(31(26)23-12-8-5-9-13-23)34-18-25(32)28-22-10-6-4-7-11-22/h4-17,19-20H,18H2,1-3H3,(H,28,32). The highest BCUT2D eigenvalue weighted by molar-refractivity contribution is 7.99. The molecule has 1 unspecified atom stereocenters. The Morgan fingerprint density at radius 1 is 0.912 bits per heavy atom. The van der Waals surface area contributed by atoms with E-state index in [4.69, 9.17) is 4.74 Å². The van der Waals surface area contributed by atoms with Crippen LogP contribution in [-0.2, 0) is 4.79 Å². The number of hydrogen-bond acceptors (Lipinski definition) is 5. The number of nitrogens with zero attached hydrogens (tertiary/aromatic N) is 3. The maximum Gasteiger partial charge on any atom is 0.234 e. The van der Waals surface area contributed by atoms with E-state index < -0.39 is 0 Å². The molecule has 0 radical (unpaired) electrons. The Kier molecular flexibility index (Phi) is 7.65. The van der Waals surface area contributed by atoms with E-state index in [-0.39, 0.29) is 17.8 Å². The predicted octanol–water partition coefficient (Wildman–Crippen LogP) is 6.26. The highest BCUT2D eigenvalue weighted by atomic mass is 32.2. The second kappa shape index (κ2) is 11.0. The van der Waals surface area contributed by atoms with Gasteiger partial charge in [-0.2, -0.15) is 0 Å². The summed E-state index contributed by atoms with van der Waals surface area (Å²) in [7, 11) is 0. The second-order valence-corrected chi connectivity index (χ2v) is 9.14. The number of benzene rings is 3. The molecule has 0 bridgehead atoms. The van der Waals surface area contributed by atoms with Crippen molar-refractivity contribution < 1.29 is 9.53 Å². The molecule has 3 aromatic carbocycles. The quantitative estimate of drug-likeness (QED) is 0.291. The van der Waals surface area contributed by atoms with Crippen LogP contribution in [0.5, 0.6) is 5.75 Å². The van der Waals surface area contributed by atoms with Gasteiger partial charge in [0.05, 0.1) is 5.75 Å². The van der Waals surface area contributed by atoms with Crippen molar-refractivity contribution in [1.82, 2.24) is 14.8 Å². The van der Waals surface area contributed by atoms with E-state index in [2.05, 4.69) is 41.5 Å². The van der Waals surface area contributed by atoms with Gasteiger partial charge in [0.25, 0.3) is 0 Å². The maximum absolute atomic E-state index is 12.5. The summed E-state index contributed by atoms with van der Waals surface area (Å²) in [6.07, 6.45) is -0.342. The minimum Gasteiger partial charge on any atom is -0.483 e. The monoisotopic (exact) mass is 472 g/mol. The third-order valence-electron chi connectivity index (χ3n) is 5.29. The van der Waals surface area contributed by atoms with E-state index in [0.717, 1.165) is 17.1 Å². The van der Waals surface area contributed by atoms with Crippen molar-refractivity contribution in [3.8, 4) is 11.4 Å². The van der Waals surface area contributed by atoms with Crippen LogP contribution >= 0.6 is 11.8 Å². The SMILES string of the molecule is CC(C)c1ccc(OC(C)c2nnc(SCC(=O)Nc3ccccc3)n2-c2ccccc2)cc1. The molecule has 1 heterocycles. The lowest BCUT2D eigenvalue weighted by atomic mass is 10.0. The minimum atomic E-state index is -0.342. The summed E-state index contributed by atoms with van der Waals surface area (Å²) in [6, 6.07) is 27.4. The number of thioether (sulfide) groups is 1. The highest BCUT2D eigenvalue weighted by Crippen LogP contribution is 2.28. The Balaban J connectivity index is 1.52. The number of amides is 1. The lowest BCUT2D eigenvalue weighted by molar-refractivity contribution is -0.113. The van der Waals surface area contributed by atoms with Crippen LogP contribution < -0.4 is 10.1 Å². The van der Waals surface area contributed by atoms with Gasteiger partial charge in [0.1, 0.15) is 5.75 Å². The van der Waals surface area contributed by atoms with Crippen LogP contribution in [0.3, 0.4) is 0 Å². The molecule has 1 N–H and O–H groups in total. The van der Waals surface area contributed by atoms with Crippen molar-refractivity contribution in [1.29, 1.82) is 0 Å². The molecule has 0 saturated carbocycles. The topological polar surface area (TPSA) is 69.0 Å². The summed E-state index contributed by atoms with van der Waals surface area (Å²) in [4.78, 5) is 12.5. The van der Waals surface area contributed by atoms with Crippen molar-refractivity contribution in [3.63, 3.8) is 0 Å². The number of carbonyl (C=O) groups is 1. The molecule has 1 aromatic heterocycles. The number of hydrogen-bond donors (Lipinski definition) is 1. The average Bonchev–Trinajstić information content (AvgIpc) is 3.28. The number of rotatable bonds is 9. The molecule has 7 heteroatoms. The molecule has 0 aliphatic rings. The van der Waals surface area contributed by atoms with Crippen molar-refractivity contribution in [3.05, 3.63) is 96.3 Å². The van der Waals surface area contributed by atoms with Crippen molar-refractivity contribution in [2.24, 2.45) is 0 Å². The first-order valence-corrected chi connectivity index (χ1v) is 12.2. The van der Waals surface area contributed by atoms with E-state index in [9.17, 15) is 4.79 Å². The van der Waals surface area contributed by atoms with Gasteiger partial charge in [0, 0.05) is 11.4 Å². The molecular formula is C27H28N4O2S. The molecule has 0 aliphatic carbocycles. The first kappa shape index (κ1) is 23.6. The van der Waals surface area contributed by atoms with Gasteiger partial charge >= 0.3 is 0 Å². The van der Waals surface area contributed by atoms with Crippen molar-refractivity contribution >= 4 is 23.4 Å². The Bertz CT molecular complexity index is 1210. The summed E-state index contributed by atoms with van der Waals surface area (Å²) in [5.74, 6) is 2.02. The number of nitrogens with one attached hydrogen (secondary N) is 1. The fourth-order valence-electron chi connectivity index (χ4n) is 3.49. The average molecular weight is 473 g/mol. The first-order valence-electron chi connectivity index (χ1n) is 11.3. The minimum absolute atomic E-state index is 0.102. The van der Waals surface area contributed by atoms with Crippen LogP contribution in [0.4, 0.5) is 5.69 Å². The smallest absolute Gasteiger partial charge is 0.234 e. The van der Waals surface area contributed by atoms with Crippen LogP contribution in [0.25, 0.3) is 5.69 Å². The van der Waals surface area contributed by atoms with Crippen LogP contribution in [0, 0.1) is 0 Å². The van der Waals surface area contributed by atoms with E-state index >= 15 is 0 Å². The molecule has 0 saturated heterocycles. The lowest BCUT2D eigenvalue weighted by Crippen LogP contribution is -2.15. The number of anilines is 1. The summed E-state index contributed by atoms with van der Waals surface area (Å²) in [5, 5.41) is 12.4. The molecule has 34 heavy (non-hydrogen) atoms. The molecule has 0 fully saturated rings. The van der Waals surface area contributed by atoms with E-state index in [1.807, 2.05) is 84.3 Å². The number of para-hydroxylation sites is 2. The van der Waals surface area contributed by atoms with E-state index in [1.54, 1.807) is 0 Å². The zero-order chi connectivity index (χ0) is 23.9. The van der Waals surface area contributed by atoms with Gasteiger partial charge in [-0.3, -0.25) is 9.36 Å². The maximum atomic E-state index is 12.5. The second-order valence-electron chi connectivity index (χ2n) is 8.20. The summed E-state index contributed by atoms with van der Waals surface area (Å²) in [6.45, 7) is 6.29. The van der Waals surface area contributed by atoms with Gasteiger partial charge in [-0.05, 0) is 54.8 Å². The summed E-state index contributed by atoms with van der Waals surface area (Å²) in [5.41, 5.74) is 2.95. The molecule has 1 amide bonds. The Morgan fingerprint density at radius 2 is 1.56 bits per heavy atom. The molecule has 0 spiro atoms. The fraction of sp³-hybridized carbons (Fsp3) is 0.222. The number of carbonyl (C=O) groups excluding carboxylic acids is 1. The zero-order valence-electron chi connectivity index (χ0n) is 19.5. The predicted molar refractivity (Wildman–Crippen MR) is 137 cm³/mol. The third kappa shape index (κ3) is 5.85. The third-order valence-corrected chi connectivity index (χ3v) is 6.21.